The van der Waals surface area contributed by atoms with Crippen molar-refractivity contribution in [3.05, 3.63) is 54.7 Å². The fraction of sp³-hybridized carbons (Fsp3) is 0.450. The van der Waals surface area contributed by atoms with E-state index >= 15 is 0 Å². The van der Waals surface area contributed by atoms with Gasteiger partial charge in [0.15, 0.2) is 17.3 Å². The first kappa shape index (κ1) is 26.6. The van der Waals surface area contributed by atoms with Gasteiger partial charge in [-0.2, -0.15) is 13.2 Å². The van der Waals surface area contributed by atoms with Gasteiger partial charge in [0.25, 0.3) is 5.91 Å². The van der Waals surface area contributed by atoms with Gasteiger partial charge in [0, 0.05) is 26.9 Å². The van der Waals surface area contributed by atoms with Crippen LogP contribution in [-0.2, 0) is 14.9 Å². The van der Waals surface area contributed by atoms with Gasteiger partial charge in [0.1, 0.15) is 0 Å². The van der Waals surface area contributed by atoms with E-state index in [1.807, 2.05) is 14.1 Å². The van der Waals surface area contributed by atoms with Gasteiger partial charge >= 0.3 is 26.7 Å². The van der Waals surface area contributed by atoms with E-state index in [0.29, 0.717) is 0 Å². The highest BCUT2D eigenvalue weighted by atomic mass is 127. The minimum Gasteiger partial charge on any atom is -0.741 e. The fourth-order valence-electron chi connectivity index (χ4n) is 2.43. The lowest BCUT2D eigenvalue weighted by atomic mass is 9.81. The summed E-state index contributed by atoms with van der Waals surface area (Å²) < 4.78 is 61.7. The normalized spacial score (nSPS) is 15.2. The van der Waals surface area contributed by atoms with Crippen LogP contribution in [0.3, 0.4) is 0 Å². The van der Waals surface area contributed by atoms with Crippen LogP contribution in [0.2, 0.25) is 0 Å². The summed E-state index contributed by atoms with van der Waals surface area (Å²) in [6.07, 6.45) is 4.01. The molecule has 0 radical (unpaired) electrons. The van der Waals surface area contributed by atoms with Gasteiger partial charge in [-0.25, -0.2) is 8.42 Å². The molecule has 0 spiro atoms. The Morgan fingerprint density at radius 1 is 1.10 bits per heavy atom. The third-order valence-electron chi connectivity index (χ3n) is 4.09. The molecule has 30 heavy (non-hydrogen) atoms. The van der Waals surface area contributed by atoms with Crippen molar-refractivity contribution in [3.63, 3.8) is 0 Å². The molecule has 1 aromatic carbocycles. The molecule has 0 aliphatic heterocycles. The molecule has 168 valence electrons. The van der Waals surface area contributed by atoms with Crippen molar-refractivity contribution in [1.29, 1.82) is 0 Å². The molecule has 0 bridgehead atoms. The van der Waals surface area contributed by atoms with Crippen LogP contribution in [0.25, 0.3) is 0 Å². The first-order chi connectivity index (χ1) is 13.5. The molecule has 10 heteroatoms. The van der Waals surface area contributed by atoms with Gasteiger partial charge in [-0.1, -0.05) is 50.6 Å². The molecular weight excluding hydrogens is 534 g/mol. The summed E-state index contributed by atoms with van der Waals surface area (Å²) in [7, 11) is -2.40. The highest BCUT2D eigenvalue weighted by Gasteiger charge is 2.37. The Morgan fingerprint density at radius 2 is 1.60 bits per heavy atom. The van der Waals surface area contributed by atoms with Crippen LogP contribution in [0.1, 0.15) is 33.6 Å². The Morgan fingerprint density at radius 3 is 2.00 bits per heavy atom. The van der Waals surface area contributed by atoms with Crippen molar-refractivity contribution in [2.75, 3.05) is 14.1 Å². The second-order valence-electron chi connectivity index (χ2n) is 7.73. The summed E-state index contributed by atoms with van der Waals surface area (Å²) in [6.45, 7) is 6.78. The molecule has 2 rings (SSSR count). The van der Waals surface area contributed by atoms with E-state index in [2.05, 4.69) is 57.2 Å². The van der Waals surface area contributed by atoms with E-state index in [9.17, 15) is 18.0 Å². The van der Waals surface area contributed by atoms with Gasteiger partial charge in [-0.05, 0) is 17.5 Å². The summed E-state index contributed by atoms with van der Waals surface area (Å²) in [4.78, 5) is 14.2. The molecule has 0 N–H and O–H groups in total. The Kier molecular flexibility index (Phi) is 9.12. The quantitative estimate of drug-likeness (QED) is 0.241. The molecule has 0 saturated heterocycles. The molecule has 1 amide bonds. The number of nitrogens with zero attached hydrogens (tertiary/aromatic N) is 1. The van der Waals surface area contributed by atoms with Gasteiger partial charge in [0.2, 0.25) is 0 Å². The molecular formula is C20H25F3INO4S. The molecule has 5 nitrogen and oxygen atoms in total. The summed E-state index contributed by atoms with van der Waals surface area (Å²) in [6, 6.07) is 10.6. The minimum atomic E-state index is -6.09. The van der Waals surface area contributed by atoms with Crippen molar-refractivity contribution in [3.8, 4) is 0 Å². The molecule has 1 aromatic rings. The molecule has 0 aromatic heterocycles. The van der Waals surface area contributed by atoms with Gasteiger partial charge in [-0.15, -0.1) is 0 Å². The Bertz CT molecular complexity index is 916. The monoisotopic (exact) mass is 559 g/mol. The molecule has 1 aliphatic carbocycles. The topological polar surface area (TPSA) is 77.5 Å². The zero-order valence-corrected chi connectivity index (χ0v) is 20.4. The number of benzene rings is 1. The number of hydrogen-bond donors (Lipinski definition) is 0. The van der Waals surface area contributed by atoms with E-state index in [1.165, 1.54) is 12.7 Å². The van der Waals surface area contributed by atoms with Crippen molar-refractivity contribution >= 4 is 16.0 Å². The third-order valence-corrected chi connectivity index (χ3v) is 7.69. The number of likely N-dealkylation sites (N-methyl/N-ethyl adjacent to an activating group) is 1. The molecule has 0 heterocycles. The lowest BCUT2D eigenvalue weighted by Gasteiger charge is -2.26. The van der Waals surface area contributed by atoms with Crippen LogP contribution in [0.5, 0.6) is 0 Å². The average molecular weight is 559 g/mol. The van der Waals surface area contributed by atoms with Crippen LogP contribution in [0, 0.1) is 8.99 Å². The predicted octanol–water partition coefficient (Wildman–Crippen LogP) is 1.11. The van der Waals surface area contributed by atoms with Crippen molar-refractivity contribution in [2.24, 2.45) is 5.41 Å². The van der Waals surface area contributed by atoms with Crippen molar-refractivity contribution in [1.82, 2.24) is 4.90 Å². The predicted molar refractivity (Wildman–Crippen MR) is 103 cm³/mol. The molecule has 0 unspecified atom stereocenters. The summed E-state index contributed by atoms with van der Waals surface area (Å²) in [5.74, 6) is 0.176. The van der Waals surface area contributed by atoms with Crippen LogP contribution in [-0.4, -0.2) is 43.4 Å². The lowest BCUT2D eigenvalue weighted by Crippen LogP contribution is -3.61. The summed E-state index contributed by atoms with van der Waals surface area (Å²) in [5.41, 5.74) is -2.98. The number of carbonyl (C=O) groups excluding carboxylic acids is 1. The second-order valence-corrected chi connectivity index (χ2v) is 12.2. The number of allylic oxidation sites excluding steroid dienone is 3. The standard InChI is InChI=1S/C19H25INO.CHF3O3S/c1-19(2,3)14-11-12-16(18(22)21(4)5)17(13-14)20-15-9-7-6-8-10-15;2-1(3,4)8(5,6)7/h6-11H,12-13H2,1-5H3;(H,5,6,7)/q+1;/p-1. The van der Waals surface area contributed by atoms with Crippen LogP contribution in [0.15, 0.2) is 51.1 Å². The maximum Gasteiger partial charge on any atom is 0.485 e. The smallest absolute Gasteiger partial charge is 0.485 e. The maximum atomic E-state index is 12.5. The first-order valence-corrected chi connectivity index (χ1v) is 12.5. The Labute approximate surface area is 186 Å². The van der Waals surface area contributed by atoms with Gasteiger partial charge < -0.3 is 9.45 Å². The number of carbonyl (C=O) groups is 1. The zero-order chi connectivity index (χ0) is 23.3. The highest BCUT2D eigenvalue weighted by Crippen LogP contribution is 2.34. The average Bonchev–Trinajstić information content (AvgIpc) is 2.60. The minimum absolute atomic E-state index is 0.176. The lowest BCUT2D eigenvalue weighted by molar-refractivity contribution is -0.579. The van der Waals surface area contributed by atoms with E-state index in [4.69, 9.17) is 13.0 Å². The number of amides is 1. The van der Waals surface area contributed by atoms with Crippen LogP contribution < -0.4 is 21.2 Å². The molecule has 0 fully saturated rings. The SMILES string of the molecule is CN(C)C(=O)C1=C([I+]c2ccccc2)CC(C(C)(C)C)=CC1.O=S(=O)([O-])C(F)(F)F. The summed E-state index contributed by atoms with van der Waals surface area (Å²) in [5, 5.41) is 0. The van der Waals surface area contributed by atoms with E-state index < -0.39 is 15.6 Å². The number of rotatable bonds is 3. The van der Waals surface area contributed by atoms with E-state index in [-0.39, 0.29) is 32.5 Å². The molecule has 0 atom stereocenters. The number of halogens is 4. The Balaban J connectivity index is 0.000000479. The van der Waals surface area contributed by atoms with Crippen LogP contribution in [0.4, 0.5) is 13.2 Å². The van der Waals surface area contributed by atoms with Crippen molar-refractivity contribution < 1.29 is 52.1 Å². The maximum absolute atomic E-state index is 12.5. The number of alkyl halides is 3. The number of hydrogen-bond acceptors (Lipinski definition) is 4. The third kappa shape index (κ3) is 8.03. The van der Waals surface area contributed by atoms with E-state index in [1.54, 1.807) is 4.90 Å². The first-order valence-electron chi connectivity index (χ1n) is 8.89. The van der Waals surface area contributed by atoms with Gasteiger partial charge in [-0.3, -0.25) is 4.79 Å². The fourth-order valence-corrected chi connectivity index (χ4v) is 5.33. The zero-order valence-electron chi connectivity index (χ0n) is 17.4. The van der Waals surface area contributed by atoms with Gasteiger partial charge in [0.05, 0.1) is 5.57 Å². The van der Waals surface area contributed by atoms with Crippen molar-refractivity contribution in [2.45, 2.75) is 39.1 Å². The van der Waals surface area contributed by atoms with E-state index in [0.717, 1.165) is 18.4 Å². The summed E-state index contributed by atoms with van der Waals surface area (Å²) >= 11 is -0.278. The second kappa shape index (κ2) is 10.3. The largest absolute Gasteiger partial charge is 0.741 e. The highest BCUT2D eigenvalue weighted by molar-refractivity contribution is 7.86. The Hall–Kier alpha value is -1.40. The van der Waals surface area contributed by atoms with Crippen LogP contribution >= 0.6 is 0 Å². The molecule has 1 aliphatic rings. The molecule has 0 saturated carbocycles.